The van der Waals surface area contributed by atoms with E-state index in [1.54, 1.807) is 0 Å². The van der Waals surface area contributed by atoms with Gasteiger partial charge in [0.15, 0.2) is 0 Å². The van der Waals surface area contributed by atoms with Gasteiger partial charge >= 0.3 is 0 Å². The molecule has 0 spiro atoms. The maximum Gasteiger partial charge on any atom is 0.224 e. The number of carbonyl (C=O) groups excluding carboxylic acids is 1. The molecule has 1 aliphatic carbocycles. The Morgan fingerprint density at radius 2 is 1.61 bits per heavy atom. The number of hydrogen-bond acceptors (Lipinski definition) is 2. The van der Waals surface area contributed by atoms with Crippen molar-refractivity contribution >= 4 is 5.91 Å². The average molecular weight is 254 g/mol. The van der Waals surface area contributed by atoms with Crippen molar-refractivity contribution in [2.45, 2.75) is 60.4 Å². The molecule has 1 unspecified atom stereocenters. The zero-order chi connectivity index (χ0) is 14.1. The van der Waals surface area contributed by atoms with Gasteiger partial charge in [-0.05, 0) is 16.7 Å². The lowest BCUT2D eigenvalue weighted by Crippen LogP contribution is -2.42. The van der Waals surface area contributed by atoms with Crippen LogP contribution in [0.1, 0.15) is 54.4 Å². The second-order valence-electron chi connectivity index (χ2n) is 6.86. The first kappa shape index (κ1) is 15.5. The highest BCUT2D eigenvalue weighted by Crippen LogP contribution is 2.68. The molecule has 1 aliphatic rings. The van der Waals surface area contributed by atoms with Crippen molar-refractivity contribution in [3.63, 3.8) is 0 Å². The van der Waals surface area contributed by atoms with Gasteiger partial charge in [-0.15, -0.1) is 0 Å². The molecule has 1 rings (SSSR count). The molecular weight excluding hydrogens is 224 g/mol. The van der Waals surface area contributed by atoms with Crippen LogP contribution < -0.4 is 11.1 Å². The topological polar surface area (TPSA) is 55.1 Å². The first-order chi connectivity index (χ1) is 8.20. The van der Waals surface area contributed by atoms with Crippen LogP contribution in [0.15, 0.2) is 0 Å². The molecule has 1 amide bonds. The van der Waals surface area contributed by atoms with Crippen molar-refractivity contribution in [3.05, 3.63) is 0 Å². The van der Waals surface area contributed by atoms with Crippen LogP contribution in [0.25, 0.3) is 0 Å². The van der Waals surface area contributed by atoms with Crippen LogP contribution >= 0.6 is 0 Å². The molecule has 3 nitrogen and oxygen atoms in total. The van der Waals surface area contributed by atoms with Crippen molar-refractivity contribution in [1.29, 1.82) is 0 Å². The number of nitrogens with two attached hydrogens (primary N) is 1. The zero-order valence-electron chi connectivity index (χ0n) is 12.8. The quantitative estimate of drug-likeness (QED) is 0.765. The smallest absolute Gasteiger partial charge is 0.224 e. The summed E-state index contributed by atoms with van der Waals surface area (Å²) in [6, 6.07) is 0.0777. The van der Waals surface area contributed by atoms with Gasteiger partial charge in [-0.1, -0.05) is 54.4 Å². The van der Waals surface area contributed by atoms with Crippen LogP contribution in [0.2, 0.25) is 0 Å². The molecule has 0 radical (unpaired) electrons. The molecule has 106 valence electrons. The van der Waals surface area contributed by atoms with E-state index in [4.69, 9.17) is 5.73 Å². The molecule has 1 fully saturated rings. The molecule has 3 heteroatoms. The summed E-state index contributed by atoms with van der Waals surface area (Å²) in [4.78, 5) is 12.2. The molecule has 0 saturated heterocycles. The van der Waals surface area contributed by atoms with E-state index in [9.17, 15) is 4.79 Å². The molecule has 0 bridgehead atoms. The van der Waals surface area contributed by atoms with Crippen LogP contribution in [-0.4, -0.2) is 18.5 Å². The minimum absolute atomic E-state index is 0.0777. The Balaban J connectivity index is 2.44. The lowest BCUT2D eigenvalue weighted by Gasteiger charge is -2.21. The lowest BCUT2D eigenvalue weighted by molar-refractivity contribution is -0.123. The monoisotopic (exact) mass is 254 g/mol. The van der Waals surface area contributed by atoms with E-state index in [0.29, 0.717) is 12.5 Å². The molecule has 0 aliphatic heterocycles. The highest BCUT2D eigenvalue weighted by molar-refractivity contribution is 5.84. The fraction of sp³-hybridized carbons (Fsp3) is 0.933. The Bertz CT molecular complexity index is 292. The van der Waals surface area contributed by atoms with E-state index < -0.39 is 0 Å². The third-order valence-corrected chi connectivity index (χ3v) is 5.45. The fourth-order valence-electron chi connectivity index (χ4n) is 3.23. The van der Waals surface area contributed by atoms with E-state index in [0.717, 1.165) is 12.8 Å². The van der Waals surface area contributed by atoms with E-state index in [2.05, 4.69) is 46.9 Å². The molecule has 3 N–H and O–H groups in total. The molecule has 0 aromatic rings. The predicted octanol–water partition coefficient (Wildman–Crippen LogP) is 2.55. The highest BCUT2D eigenvalue weighted by atomic mass is 16.2. The predicted molar refractivity (Wildman–Crippen MR) is 76.1 cm³/mol. The normalized spacial score (nSPS) is 22.9. The molecule has 0 aromatic carbocycles. The Morgan fingerprint density at radius 1 is 1.17 bits per heavy atom. The summed E-state index contributed by atoms with van der Waals surface area (Å²) in [6.07, 6.45) is 2.15. The summed E-state index contributed by atoms with van der Waals surface area (Å²) in [6.45, 7) is 13.6. The van der Waals surface area contributed by atoms with Gasteiger partial charge in [0, 0.05) is 18.5 Å². The van der Waals surface area contributed by atoms with Crippen LogP contribution in [0.4, 0.5) is 0 Å². The summed E-state index contributed by atoms with van der Waals surface area (Å²) < 4.78 is 0. The number of nitrogens with one attached hydrogen (secondary N) is 1. The highest BCUT2D eigenvalue weighted by Gasteiger charge is 2.68. The molecule has 1 saturated carbocycles. The third kappa shape index (κ3) is 2.56. The third-order valence-electron chi connectivity index (χ3n) is 5.45. The van der Waals surface area contributed by atoms with E-state index in [-0.39, 0.29) is 28.7 Å². The summed E-state index contributed by atoms with van der Waals surface area (Å²) in [5.41, 5.74) is 6.34. The Morgan fingerprint density at radius 3 is 1.94 bits per heavy atom. The van der Waals surface area contributed by atoms with Gasteiger partial charge in [0.1, 0.15) is 0 Å². The van der Waals surface area contributed by atoms with Gasteiger partial charge in [0.05, 0.1) is 0 Å². The van der Waals surface area contributed by atoms with Gasteiger partial charge in [-0.3, -0.25) is 4.79 Å². The SMILES string of the molecule is CCC(CC)C(N)CNC(=O)C1C(C)(C)C1(C)C. The zero-order valence-corrected chi connectivity index (χ0v) is 12.8. The Kier molecular flexibility index (Phi) is 4.47. The van der Waals surface area contributed by atoms with E-state index in [1.165, 1.54) is 0 Å². The fourth-order valence-corrected chi connectivity index (χ4v) is 3.23. The van der Waals surface area contributed by atoms with Crippen LogP contribution in [0.3, 0.4) is 0 Å². The number of rotatable bonds is 6. The lowest BCUT2D eigenvalue weighted by atomic mass is 9.95. The second-order valence-corrected chi connectivity index (χ2v) is 6.86. The minimum Gasteiger partial charge on any atom is -0.354 e. The van der Waals surface area contributed by atoms with Crippen LogP contribution in [0.5, 0.6) is 0 Å². The Labute approximate surface area is 112 Å². The summed E-state index contributed by atoms with van der Waals surface area (Å²) in [7, 11) is 0. The molecule has 18 heavy (non-hydrogen) atoms. The first-order valence-corrected chi connectivity index (χ1v) is 7.23. The van der Waals surface area contributed by atoms with E-state index >= 15 is 0 Å². The van der Waals surface area contributed by atoms with Crippen molar-refractivity contribution < 1.29 is 4.79 Å². The maximum atomic E-state index is 12.2. The van der Waals surface area contributed by atoms with Gasteiger partial charge in [0.2, 0.25) is 5.91 Å². The molecule has 0 heterocycles. The second kappa shape index (κ2) is 5.20. The maximum absolute atomic E-state index is 12.2. The van der Waals surface area contributed by atoms with Gasteiger partial charge < -0.3 is 11.1 Å². The van der Waals surface area contributed by atoms with E-state index in [1.807, 2.05) is 0 Å². The standard InChI is InChI=1S/C15H30N2O/c1-7-10(8-2)11(16)9-17-13(18)12-14(3,4)15(12,5)6/h10-12H,7-9,16H2,1-6H3,(H,17,18). The number of hydrogen-bond donors (Lipinski definition) is 2. The summed E-state index contributed by atoms with van der Waals surface area (Å²) in [5, 5.41) is 3.04. The summed E-state index contributed by atoms with van der Waals surface area (Å²) >= 11 is 0. The minimum atomic E-state index is 0.0777. The Hall–Kier alpha value is -0.570. The van der Waals surface area contributed by atoms with Crippen molar-refractivity contribution in [3.8, 4) is 0 Å². The molecule has 0 aromatic heterocycles. The first-order valence-electron chi connectivity index (χ1n) is 7.23. The largest absolute Gasteiger partial charge is 0.354 e. The van der Waals surface area contributed by atoms with Crippen LogP contribution in [0, 0.1) is 22.7 Å². The number of amides is 1. The van der Waals surface area contributed by atoms with Crippen LogP contribution in [-0.2, 0) is 4.79 Å². The number of carbonyl (C=O) groups is 1. The molecular formula is C15H30N2O. The van der Waals surface area contributed by atoms with Crippen molar-refractivity contribution in [2.24, 2.45) is 28.4 Å². The molecule has 1 atom stereocenters. The summed E-state index contributed by atoms with van der Waals surface area (Å²) in [5.74, 6) is 0.802. The van der Waals surface area contributed by atoms with Crippen molar-refractivity contribution in [1.82, 2.24) is 5.32 Å². The van der Waals surface area contributed by atoms with Gasteiger partial charge in [-0.2, -0.15) is 0 Å². The van der Waals surface area contributed by atoms with Gasteiger partial charge in [-0.25, -0.2) is 0 Å². The van der Waals surface area contributed by atoms with Gasteiger partial charge in [0.25, 0.3) is 0 Å². The van der Waals surface area contributed by atoms with Crippen molar-refractivity contribution in [2.75, 3.05) is 6.54 Å². The average Bonchev–Trinajstić information content (AvgIpc) is 2.68.